The molecule has 1 saturated heterocycles. The Kier molecular flexibility index (Phi) is 1.91. The van der Waals surface area contributed by atoms with Crippen molar-refractivity contribution in [3.05, 3.63) is 41.4 Å². The first-order chi connectivity index (χ1) is 5.77. The number of halogens is 1. The van der Waals surface area contributed by atoms with Crippen molar-refractivity contribution in [1.29, 1.82) is 0 Å². The monoisotopic (exact) mass is 180 g/mol. The van der Waals surface area contributed by atoms with Crippen LogP contribution in [-0.2, 0) is 4.74 Å². The summed E-state index contributed by atoms with van der Waals surface area (Å²) in [7, 11) is 0. The van der Waals surface area contributed by atoms with Crippen LogP contribution in [0.5, 0.6) is 0 Å². The zero-order valence-electron chi connectivity index (χ0n) is 6.59. The van der Waals surface area contributed by atoms with Gasteiger partial charge in [-0.1, -0.05) is 30.3 Å². The second-order valence-corrected chi connectivity index (χ2v) is 3.29. The Hall–Kier alpha value is -0.790. The molecule has 0 aliphatic carbocycles. The SMILES string of the molecule is C=C(c1ccc(Cl)cc1)C1CO1. The lowest BCUT2D eigenvalue weighted by Crippen LogP contribution is -1.89. The van der Waals surface area contributed by atoms with Crippen LogP contribution in [0.1, 0.15) is 5.56 Å². The third-order valence-electron chi connectivity index (χ3n) is 1.94. The van der Waals surface area contributed by atoms with Gasteiger partial charge in [0, 0.05) is 5.02 Å². The second kappa shape index (κ2) is 2.92. The van der Waals surface area contributed by atoms with Crippen molar-refractivity contribution >= 4 is 17.2 Å². The van der Waals surface area contributed by atoms with Gasteiger partial charge in [-0.3, -0.25) is 0 Å². The summed E-state index contributed by atoms with van der Waals surface area (Å²) in [5, 5.41) is 0.753. The van der Waals surface area contributed by atoms with Crippen molar-refractivity contribution in [2.75, 3.05) is 6.61 Å². The van der Waals surface area contributed by atoms with Crippen LogP contribution in [0.3, 0.4) is 0 Å². The molecule has 0 bridgehead atoms. The molecule has 1 aromatic carbocycles. The summed E-state index contributed by atoms with van der Waals surface area (Å²) >= 11 is 5.75. The zero-order valence-corrected chi connectivity index (χ0v) is 7.34. The Morgan fingerprint density at radius 2 is 2.00 bits per heavy atom. The first kappa shape index (κ1) is 7.84. The molecule has 1 fully saturated rings. The van der Waals surface area contributed by atoms with E-state index < -0.39 is 0 Å². The quantitative estimate of drug-likeness (QED) is 0.638. The molecule has 2 rings (SSSR count). The van der Waals surface area contributed by atoms with Gasteiger partial charge in [0.2, 0.25) is 0 Å². The lowest BCUT2D eigenvalue weighted by Gasteiger charge is -2.00. The smallest absolute Gasteiger partial charge is 0.106 e. The van der Waals surface area contributed by atoms with Crippen LogP contribution >= 0.6 is 11.6 Å². The predicted molar refractivity (Wildman–Crippen MR) is 50.2 cm³/mol. The minimum absolute atomic E-state index is 0.242. The maximum atomic E-state index is 5.75. The van der Waals surface area contributed by atoms with E-state index >= 15 is 0 Å². The average molecular weight is 181 g/mol. The Balaban J connectivity index is 2.22. The summed E-state index contributed by atoms with van der Waals surface area (Å²) in [6, 6.07) is 7.66. The van der Waals surface area contributed by atoms with Crippen LogP contribution in [0.25, 0.3) is 5.57 Å². The molecule has 0 saturated carbocycles. The van der Waals surface area contributed by atoms with Crippen LogP contribution < -0.4 is 0 Å². The molecule has 0 N–H and O–H groups in total. The summed E-state index contributed by atoms with van der Waals surface area (Å²) in [5.74, 6) is 0. The fourth-order valence-electron chi connectivity index (χ4n) is 1.10. The first-order valence-electron chi connectivity index (χ1n) is 3.84. The van der Waals surface area contributed by atoms with Crippen LogP contribution in [0.4, 0.5) is 0 Å². The summed E-state index contributed by atoms with van der Waals surface area (Å²) in [5.41, 5.74) is 2.16. The van der Waals surface area contributed by atoms with Crippen molar-refractivity contribution < 1.29 is 4.74 Å². The lowest BCUT2D eigenvalue weighted by atomic mass is 10.1. The van der Waals surface area contributed by atoms with E-state index in [-0.39, 0.29) is 6.10 Å². The van der Waals surface area contributed by atoms with Gasteiger partial charge >= 0.3 is 0 Å². The summed E-state index contributed by atoms with van der Waals surface area (Å²) in [6.07, 6.45) is 0.242. The van der Waals surface area contributed by atoms with Gasteiger partial charge in [0.25, 0.3) is 0 Å². The standard InChI is InChI=1S/C10H9ClO/c1-7(10-6-12-10)8-2-4-9(11)5-3-8/h2-5,10H,1,6H2. The molecule has 1 heterocycles. The average Bonchev–Trinajstić information content (AvgIpc) is 2.87. The van der Waals surface area contributed by atoms with Crippen molar-refractivity contribution in [2.24, 2.45) is 0 Å². The molecule has 1 atom stereocenters. The molecular weight excluding hydrogens is 172 g/mol. The Morgan fingerprint density at radius 3 is 2.50 bits per heavy atom. The number of ether oxygens (including phenoxy) is 1. The van der Waals surface area contributed by atoms with Gasteiger partial charge in [-0.25, -0.2) is 0 Å². The minimum atomic E-state index is 0.242. The van der Waals surface area contributed by atoms with E-state index in [0.717, 1.165) is 22.8 Å². The fraction of sp³-hybridized carbons (Fsp3) is 0.200. The highest BCUT2D eigenvalue weighted by Gasteiger charge is 2.26. The summed E-state index contributed by atoms with van der Waals surface area (Å²) in [4.78, 5) is 0. The van der Waals surface area contributed by atoms with Gasteiger partial charge in [0.1, 0.15) is 6.10 Å². The van der Waals surface area contributed by atoms with Gasteiger partial charge in [-0.2, -0.15) is 0 Å². The topological polar surface area (TPSA) is 12.5 Å². The highest BCUT2D eigenvalue weighted by Crippen LogP contribution is 2.27. The third kappa shape index (κ3) is 1.52. The van der Waals surface area contributed by atoms with Gasteiger partial charge in [0.15, 0.2) is 0 Å². The fourth-order valence-corrected chi connectivity index (χ4v) is 1.23. The van der Waals surface area contributed by atoms with Crippen molar-refractivity contribution in [2.45, 2.75) is 6.10 Å². The lowest BCUT2D eigenvalue weighted by molar-refractivity contribution is 0.445. The molecule has 1 unspecified atom stereocenters. The highest BCUT2D eigenvalue weighted by molar-refractivity contribution is 6.30. The molecule has 62 valence electrons. The van der Waals surface area contributed by atoms with Crippen LogP contribution in [0.2, 0.25) is 5.02 Å². The number of benzene rings is 1. The molecule has 0 spiro atoms. The highest BCUT2D eigenvalue weighted by atomic mass is 35.5. The molecule has 1 aliphatic heterocycles. The van der Waals surface area contributed by atoms with Crippen LogP contribution in [0, 0.1) is 0 Å². The Labute approximate surface area is 76.6 Å². The third-order valence-corrected chi connectivity index (χ3v) is 2.19. The summed E-state index contributed by atoms with van der Waals surface area (Å²) in [6.45, 7) is 4.76. The number of epoxide rings is 1. The van der Waals surface area contributed by atoms with Gasteiger partial charge < -0.3 is 4.74 Å². The van der Waals surface area contributed by atoms with E-state index in [4.69, 9.17) is 16.3 Å². The zero-order chi connectivity index (χ0) is 8.55. The Morgan fingerprint density at radius 1 is 1.42 bits per heavy atom. The van der Waals surface area contributed by atoms with Gasteiger partial charge in [-0.15, -0.1) is 0 Å². The molecule has 1 aliphatic rings. The number of hydrogen-bond acceptors (Lipinski definition) is 1. The van der Waals surface area contributed by atoms with Gasteiger partial charge in [0.05, 0.1) is 6.61 Å². The van der Waals surface area contributed by atoms with Crippen LogP contribution in [-0.4, -0.2) is 12.7 Å². The number of hydrogen-bond donors (Lipinski definition) is 0. The van der Waals surface area contributed by atoms with E-state index in [9.17, 15) is 0 Å². The van der Waals surface area contributed by atoms with E-state index in [1.165, 1.54) is 0 Å². The van der Waals surface area contributed by atoms with E-state index in [2.05, 4.69) is 6.58 Å². The van der Waals surface area contributed by atoms with Crippen LogP contribution in [0.15, 0.2) is 30.8 Å². The van der Waals surface area contributed by atoms with Crippen molar-refractivity contribution in [1.82, 2.24) is 0 Å². The molecule has 1 aromatic rings. The molecule has 12 heavy (non-hydrogen) atoms. The maximum Gasteiger partial charge on any atom is 0.106 e. The predicted octanol–water partition coefficient (Wildman–Crippen LogP) is 2.75. The minimum Gasteiger partial charge on any atom is -0.368 e. The molecule has 0 radical (unpaired) electrons. The number of rotatable bonds is 2. The molecule has 0 amide bonds. The largest absolute Gasteiger partial charge is 0.368 e. The van der Waals surface area contributed by atoms with E-state index in [1.54, 1.807) is 0 Å². The molecular formula is C10H9ClO. The normalized spacial score (nSPS) is 20.6. The molecule has 2 heteroatoms. The van der Waals surface area contributed by atoms with E-state index in [0.29, 0.717) is 0 Å². The molecule has 0 aromatic heterocycles. The van der Waals surface area contributed by atoms with Crippen molar-refractivity contribution in [3.8, 4) is 0 Å². The van der Waals surface area contributed by atoms with E-state index in [1.807, 2.05) is 24.3 Å². The Bertz CT molecular complexity index is 298. The molecule has 1 nitrogen and oxygen atoms in total. The summed E-state index contributed by atoms with van der Waals surface area (Å²) < 4.78 is 5.12. The maximum absolute atomic E-state index is 5.75. The van der Waals surface area contributed by atoms with Gasteiger partial charge in [-0.05, 0) is 23.3 Å². The van der Waals surface area contributed by atoms with Crippen molar-refractivity contribution in [3.63, 3.8) is 0 Å². The first-order valence-corrected chi connectivity index (χ1v) is 4.21. The second-order valence-electron chi connectivity index (χ2n) is 2.85.